The molecule has 0 aliphatic heterocycles. The number of nitrogens with zero attached hydrogens (tertiary/aromatic N) is 4. The molecule has 1 aromatic carbocycles. The van der Waals surface area contributed by atoms with Gasteiger partial charge in [0.1, 0.15) is 10.8 Å². The molecule has 0 aliphatic carbocycles. The van der Waals surface area contributed by atoms with Gasteiger partial charge in [-0.15, -0.1) is 10.2 Å². The molecule has 0 fully saturated rings. The smallest absolute Gasteiger partial charge is 0.230 e. The van der Waals surface area contributed by atoms with Crippen molar-refractivity contribution in [3.63, 3.8) is 0 Å². The Bertz CT molecular complexity index is 869. The number of ether oxygens (including phenoxy) is 1. The predicted octanol–water partition coefficient (Wildman–Crippen LogP) is 1.79. The number of methoxy groups -OCH3 is 1. The predicted molar refractivity (Wildman–Crippen MR) is 91.8 cm³/mol. The topological polar surface area (TPSA) is 81.4 Å². The quantitative estimate of drug-likeness (QED) is 0.510. The third-order valence-corrected chi connectivity index (χ3v) is 4.24. The van der Waals surface area contributed by atoms with Crippen LogP contribution in [0.2, 0.25) is 0 Å². The molecule has 0 aliphatic rings. The van der Waals surface area contributed by atoms with Gasteiger partial charge in [-0.05, 0) is 36.4 Å². The lowest BCUT2D eigenvalue weighted by molar-refractivity contribution is -0.118. The van der Waals surface area contributed by atoms with Crippen LogP contribution < -0.4 is 5.32 Å². The fourth-order valence-corrected chi connectivity index (χ4v) is 2.80. The lowest BCUT2D eigenvalue weighted by atomic mass is 10.2. The summed E-state index contributed by atoms with van der Waals surface area (Å²) >= 11 is 1.31. The highest BCUT2D eigenvalue weighted by molar-refractivity contribution is 7.99. The zero-order valence-corrected chi connectivity index (χ0v) is 14.3. The monoisotopic (exact) mass is 361 g/mol. The van der Waals surface area contributed by atoms with E-state index in [4.69, 9.17) is 4.74 Å². The Labute approximate surface area is 147 Å². The molecule has 0 saturated heterocycles. The van der Waals surface area contributed by atoms with Gasteiger partial charge in [0.05, 0.1) is 12.4 Å². The number of hydrogen-bond acceptors (Lipinski definition) is 6. The molecule has 0 radical (unpaired) electrons. The highest BCUT2D eigenvalue weighted by Crippen LogP contribution is 2.20. The molecule has 2 aromatic heterocycles. The first-order valence-electron chi connectivity index (χ1n) is 7.54. The number of fused-ring (bicyclic) bond motifs is 1. The van der Waals surface area contributed by atoms with Gasteiger partial charge in [0, 0.05) is 19.2 Å². The van der Waals surface area contributed by atoms with E-state index in [1.807, 2.05) is 0 Å². The Morgan fingerprint density at radius 1 is 1.24 bits per heavy atom. The first-order valence-corrected chi connectivity index (χ1v) is 8.53. The lowest BCUT2D eigenvalue weighted by Crippen LogP contribution is -2.28. The summed E-state index contributed by atoms with van der Waals surface area (Å²) < 4.78 is 19.6. The van der Waals surface area contributed by atoms with Gasteiger partial charge < -0.3 is 10.1 Å². The van der Waals surface area contributed by atoms with Crippen LogP contribution in [0.5, 0.6) is 0 Å². The van der Waals surface area contributed by atoms with Crippen molar-refractivity contribution < 1.29 is 13.9 Å². The van der Waals surface area contributed by atoms with Crippen LogP contribution in [0, 0.1) is 5.82 Å². The maximum absolute atomic E-state index is 13.1. The van der Waals surface area contributed by atoms with E-state index in [1.54, 1.807) is 35.9 Å². The van der Waals surface area contributed by atoms with Crippen LogP contribution in [-0.4, -0.2) is 51.7 Å². The van der Waals surface area contributed by atoms with E-state index in [0.29, 0.717) is 35.2 Å². The minimum atomic E-state index is -0.318. The van der Waals surface area contributed by atoms with Gasteiger partial charge in [0.2, 0.25) is 5.91 Å². The molecule has 130 valence electrons. The Hall–Kier alpha value is -2.52. The molecule has 25 heavy (non-hydrogen) atoms. The van der Waals surface area contributed by atoms with E-state index < -0.39 is 0 Å². The van der Waals surface area contributed by atoms with Gasteiger partial charge in [0.15, 0.2) is 11.5 Å². The maximum atomic E-state index is 13.1. The molecule has 1 amide bonds. The molecule has 0 bridgehead atoms. The minimum absolute atomic E-state index is 0.0912. The van der Waals surface area contributed by atoms with Gasteiger partial charge in [-0.25, -0.2) is 4.39 Å². The van der Waals surface area contributed by atoms with Crippen LogP contribution in [0.15, 0.2) is 41.4 Å². The second-order valence-corrected chi connectivity index (χ2v) is 6.10. The lowest BCUT2D eigenvalue weighted by Gasteiger charge is -2.05. The zero-order valence-electron chi connectivity index (χ0n) is 13.5. The van der Waals surface area contributed by atoms with Gasteiger partial charge in [-0.3, -0.25) is 4.79 Å². The van der Waals surface area contributed by atoms with E-state index >= 15 is 0 Å². The molecule has 0 unspecified atom stereocenters. The average Bonchev–Trinajstić information content (AvgIpc) is 3.04. The summed E-state index contributed by atoms with van der Waals surface area (Å²) in [5, 5.41) is 16.0. The molecule has 1 N–H and O–H groups in total. The molecule has 0 atom stereocenters. The maximum Gasteiger partial charge on any atom is 0.230 e. The van der Waals surface area contributed by atoms with Gasteiger partial charge in [-0.1, -0.05) is 11.8 Å². The highest BCUT2D eigenvalue weighted by atomic mass is 32.2. The van der Waals surface area contributed by atoms with Crippen LogP contribution >= 0.6 is 11.8 Å². The summed E-state index contributed by atoms with van der Waals surface area (Å²) in [6.45, 7) is 0.949. The number of benzene rings is 1. The molecule has 0 saturated carbocycles. The molecule has 0 spiro atoms. The van der Waals surface area contributed by atoms with Crippen LogP contribution in [0.3, 0.4) is 0 Å². The Morgan fingerprint density at radius 2 is 2.04 bits per heavy atom. The summed E-state index contributed by atoms with van der Waals surface area (Å²) in [6.07, 6.45) is 0. The van der Waals surface area contributed by atoms with Crippen molar-refractivity contribution in [2.24, 2.45) is 0 Å². The molecule has 9 heteroatoms. The van der Waals surface area contributed by atoms with Gasteiger partial charge >= 0.3 is 0 Å². The summed E-state index contributed by atoms with van der Waals surface area (Å²) in [6, 6.07) is 9.52. The number of carbonyl (C=O) groups excluding carboxylic acids is 1. The number of aromatic nitrogens is 4. The van der Waals surface area contributed by atoms with E-state index in [0.717, 1.165) is 0 Å². The summed E-state index contributed by atoms with van der Waals surface area (Å²) in [5.74, 6) is 0.352. The summed E-state index contributed by atoms with van der Waals surface area (Å²) in [4.78, 5) is 11.7. The first kappa shape index (κ1) is 17.3. The molecule has 7 nitrogen and oxygen atoms in total. The normalized spacial score (nSPS) is 11.0. The van der Waals surface area contributed by atoms with E-state index in [9.17, 15) is 9.18 Å². The zero-order chi connectivity index (χ0) is 17.6. The average molecular weight is 361 g/mol. The summed E-state index contributed by atoms with van der Waals surface area (Å²) in [5.41, 5.74) is 1.29. The van der Waals surface area contributed by atoms with Crippen molar-refractivity contribution >= 4 is 23.3 Å². The van der Waals surface area contributed by atoms with Crippen molar-refractivity contribution in [3.05, 3.63) is 42.2 Å². The van der Waals surface area contributed by atoms with Crippen LogP contribution in [0.25, 0.3) is 17.0 Å². The number of carbonyl (C=O) groups is 1. The summed E-state index contributed by atoms with van der Waals surface area (Å²) in [7, 11) is 1.58. The Morgan fingerprint density at radius 3 is 2.80 bits per heavy atom. The van der Waals surface area contributed by atoms with Crippen molar-refractivity contribution in [1.29, 1.82) is 0 Å². The third kappa shape index (κ3) is 4.31. The SMILES string of the molecule is COCCNC(=O)CSc1ccc2nnc(-c3ccc(F)cc3)n2n1. The molecular formula is C16H16FN5O2S. The van der Waals surface area contributed by atoms with E-state index in [1.165, 1.54) is 23.9 Å². The largest absolute Gasteiger partial charge is 0.383 e. The fraction of sp³-hybridized carbons (Fsp3) is 0.250. The van der Waals surface area contributed by atoms with Crippen LogP contribution in [-0.2, 0) is 9.53 Å². The van der Waals surface area contributed by atoms with E-state index in [2.05, 4.69) is 20.6 Å². The number of hydrogen-bond donors (Lipinski definition) is 1. The first-order chi connectivity index (χ1) is 12.2. The standard InChI is InChI=1S/C16H16FN5O2S/c1-24-9-8-18-14(23)10-25-15-7-6-13-19-20-16(22(13)21-15)11-2-4-12(17)5-3-11/h2-7H,8-10H2,1H3,(H,18,23). The molecule has 3 aromatic rings. The Balaban J connectivity index is 1.74. The highest BCUT2D eigenvalue weighted by Gasteiger charge is 2.11. The minimum Gasteiger partial charge on any atom is -0.383 e. The van der Waals surface area contributed by atoms with Gasteiger partial charge in [-0.2, -0.15) is 9.61 Å². The number of amides is 1. The number of thioether (sulfide) groups is 1. The fourth-order valence-electron chi connectivity index (χ4n) is 2.11. The van der Waals surface area contributed by atoms with Crippen molar-refractivity contribution in [2.75, 3.05) is 26.0 Å². The van der Waals surface area contributed by atoms with Crippen molar-refractivity contribution in [3.8, 4) is 11.4 Å². The number of nitrogens with one attached hydrogen (secondary N) is 1. The molecule has 3 rings (SSSR count). The molecular weight excluding hydrogens is 345 g/mol. The molecule has 2 heterocycles. The van der Waals surface area contributed by atoms with Crippen LogP contribution in [0.1, 0.15) is 0 Å². The number of halogens is 1. The van der Waals surface area contributed by atoms with Gasteiger partial charge in [0.25, 0.3) is 0 Å². The Kier molecular flexibility index (Phi) is 5.56. The van der Waals surface area contributed by atoms with Crippen LogP contribution in [0.4, 0.5) is 4.39 Å². The third-order valence-electron chi connectivity index (χ3n) is 3.32. The second kappa shape index (κ2) is 8.04. The van der Waals surface area contributed by atoms with Crippen molar-refractivity contribution in [1.82, 2.24) is 25.1 Å². The van der Waals surface area contributed by atoms with E-state index in [-0.39, 0.29) is 17.5 Å². The van der Waals surface area contributed by atoms with Crippen molar-refractivity contribution in [2.45, 2.75) is 5.03 Å². The second-order valence-electron chi connectivity index (χ2n) is 5.10. The number of rotatable bonds is 7.